The standard InChI is InChI=1S/C59H96O26/c1-24-34(64)38(68)40(70)48(77-24)84-46-43(73)51(80-30(21-61)44(46)82-49-41(71)39(69)37(67)29(20-60)79-49)83-45-35(65)25(2)78-50(42(45)72)85-47-36(66)28(63)22-76-52(47)81-33-12-13-55(5)31(56(33,6)23-62)11-14-58(8)32(55)10-9-26-27-19-54(3,4)15-17-59(27,53(74)75)18-16-57(26,58)7/h9,24-25,27-52,60-73H,10-23H2,1-8H3,(H,74,75)/t24-,25-,27?,28+,29-,30-,31?,32?,33?,34+,35+,36+,37-,38-,39-,40-,41-,42-,43-,44-,45-,46+,47-,48+,49+,50+,51+,52+,55?,56?,57?,58?,59?/m1/s1. The lowest BCUT2D eigenvalue weighted by atomic mass is 9.33. The molecule has 0 radical (unpaired) electrons. The van der Waals surface area contributed by atoms with Gasteiger partial charge in [-0.05, 0) is 117 Å². The molecule has 15 N–H and O–H groups in total. The molecule has 5 aliphatic heterocycles. The number of hydrogen-bond acceptors (Lipinski definition) is 25. The van der Waals surface area contributed by atoms with Gasteiger partial charge in [-0.1, -0.05) is 53.2 Å². The van der Waals surface area contributed by atoms with Crippen LogP contribution in [0.15, 0.2) is 11.6 Å². The highest BCUT2D eigenvalue weighted by Gasteiger charge is 2.70. The first kappa shape index (κ1) is 66.2. The number of aliphatic hydroxyl groups is 14. The third kappa shape index (κ3) is 11.0. The second-order valence-electron chi connectivity index (χ2n) is 28.5. The summed E-state index contributed by atoms with van der Waals surface area (Å²) in [5, 5.41) is 166. The zero-order chi connectivity index (χ0) is 62.0. The molecule has 26 heteroatoms. The Balaban J connectivity index is 0.868. The number of aliphatic carboxylic acids is 1. The van der Waals surface area contributed by atoms with E-state index in [1.165, 1.54) is 19.4 Å². The van der Waals surface area contributed by atoms with Crippen LogP contribution < -0.4 is 0 Å². The predicted molar refractivity (Wildman–Crippen MR) is 288 cm³/mol. The van der Waals surface area contributed by atoms with Crippen molar-refractivity contribution in [1.29, 1.82) is 0 Å². The van der Waals surface area contributed by atoms with Gasteiger partial charge < -0.3 is 124 Å². The van der Waals surface area contributed by atoms with Gasteiger partial charge in [-0.25, -0.2) is 0 Å². The smallest absolute Gasteiger partial charge is 0.310 e. The fourth-order valence-corrected chi connectivity index (χ4v) is 17.7. The molecule has 0 aromatic heterocycles. The molecule has 5 heterocycles. The quantitative estimate of drug-likeness (QED) is 0.0662. The summed E-state index contributed by atoms with van der Waals surface area (Å²) in [6.45, 7) is 13.9. The summed E-state index contributed by atoms with van der Waals surface area (Å²) in [4.78, 5) is 13.2. The molecule has 4 saturated carbocycles. The van der Waals surface area contributed by atoms with E-state index in [1.54, 1.807) is 0 Å². The number of hydrogen-bond donors (Lipinski definition) is 15. The minimum Gasteiger partial charge on any atom is -0.481 e. The molecule has 0 aromatic rings. The summed E-state index contributed by atoms with van der Waals surface area (Å²) in [6, 6.07) is 0. The Morgan fingerprint density at radius 1 is 0.541 bits per heavy atom. The van der Waals surface area contributed by atoms with Crippen molar-refractivity contribution < 1.29 is 129 Å². The van der Waals surface area contributed by atoms with Crippen molar-refractivity contribution >= 4 is 5.97 Å². The summed E-state index contributed by atoms with van der Waals surface area (Å²) in [6.07, 6.45) is -32.8. The topological polar surface area (TPSA) is 413 Å². The van der Waals surface area contributed by atoms with Crippen molar-refractivity contribution in [2.75, 3.05) is 26.4 Å². The van der Waals surface area contributed by atoms with E-state index in [4.69, 9.17) is 47.4 Å². The van der Waals surface area contributed by atoms with Gasteiger partial charge in [0.05, 0.1) is 50.2 Å². The molecule has 85 heavy (non-hydrogen) atoms. The number of fused-ring (bicyclic) bond motifs is 7. The first-order chi connectivity index (χ1) is 39.9. The second-order valence-corrected chi connectivity index (χ2v) is 28.5. The molecule has 0 aromatic carbocycles. The summed E-state index contributed by atoms with van der Waals surface area (Å²) < 4.78 is 60.7. The van der Waals surface area contributed by atoms with E-state index in [9.17, 15) is 81.4 Å². The molecule has 488 valence electrons. The number of rotatable bonds is 14. The number of allylic oxidation sites excluding steroid dienone is 2. The Morgan fingerprint density at radius 2 is 1.09 bits per heavy atom. The summed E-state index contributed by atoms with van der Waals surface area (Å²) in [5.41, 5.74) is -1.04. The maximum absolute atomic E-state index is 13.2. The van der Waals surface area contributed by atoms with Gasteiger partial charge in [0.15, 0.2) is 31.5 Å². The van der Waals surface area contributed by atoms with Crippen LogP contribution in [0.2, 0.25) is 0 Å². The van der Waals surface area contributed by atoms with E-state index >= 15 is 0 Å². The highest BCUT2D eigenvalue weighted by molar-refractivity contribution is 5.76. The van der Waals surface area contributed by atoms with Crippen LogP contribution in [-0.2, 0) is 52.2 Å². The van der Waals surface area contributed by atoms with E-state index < -0.39 is 184 Å². The first-order valence-electron chi connectivity index (χ1n) is 30.6. The van der Waals surface area contributed by atoms with Crippen molar-refractivity contribution in [3.63, 3.8) is 0 Å². The summed E-state index contributed by atoms with van der Waals surface area (Å²) >= 11 is 0. The third-order valence-electron chi connectivity index (χ3n) is 23.3. The molecule has 0 bridgehead atoms. The number of ether oxygens (including phenoxy) is 10. The third-order valence-corrected chi connectivity index (χ3v) is 23.3. The molecular formula is C59H96O26. The van der Waals surface area contributed by atoms with Gasteiger partial charge in [-0.2, -0.15) is 0 Å². The predicted octanol–water partition coefficient (Wildman–Crippen LogP) is -1.98. The van der Waals surface area contributed by atoms with Crippen molar-refractivity contribution in [1.82, 2.24) is 0 Å². The molecule has 26 nitrogen and oxygen atoms in total. The van der Waals surface area contributed by atoms with E-state index in [2.05, 4.69) is 40.7 Å². The normalized spacial score (nSPS) is 55.3. The largest absolute Gasteiger partial charge is 0.481 e. The first-order valence-corrected chi connectivity index (χ1v) is 30.6. The van der Waals surface area contributed by atoms with Crippen molar-refractivity contribution in [2.45, 2.75) is 273 Å². The Morgan fingerprint density at radius 3 is 1.74 bits per heavy atom. The van der Waals surface area contributed by atoms with Crippen LogP contribution in [0.5, 0.6) is 0 Å². The molecule has 10 rings (SSSR count). The fourth-order valence-electron chi connectivity index (χ4n) is 17.7. The minimum atomic E-state index is -2.13. The molecule has 5 saturated heterocycles. The van der Waals surface area contributed by atoms with Crippen LogP contribution in [0.3, 0.4) is 0 Å². The van der Waals surface area contributed by atoms with Gasteiger partial charge >= 0.3 is 5.97 Å². The molecule has 0 amide bonds. The summed E-state index contributed by atoms with van der Waals surface area (Å²) in [5.74, 6) is -0.617. The van der Waals surface area contributed by atoms with E-state index in [-0.39, 0.29) is 52.6 Å². The van der Waals surface area contributed by atoms with Gasteiger partial charge in [0, 0.05) is 5.41 Å². The monoisotopic (exact) mass is 1220 g/mol. The van der Waals surface area contributed by atoms with Crippen LogP contribution in [0.4, 0.5) is 0 Å². The molecule has 5 aliphatic carbocycles. The highest BCUT2D eigenvalue weighted by atomic mass is 16.8. The number of carboxylic acid groups (broad SMARTS) is 1. The van der Waals surface area contributed by atoms with Crippen molar-refractivity contribution in [2.24, 2.45) is 50.2 Å². The second kappa shape index (κ2) is 24.4. The van der Waals surface area contributed by atoms with Gasteiger partial charge in [0.25, 0.3) is 0 Å². The molecule has 0 spiro atoms. The summed E-state index contributed by atoms with van der Waals surface area (Å²) in [7, 11) is 0. The van der Waals surface area contributed by atoms with E-state index in [0.29, 0.717) is 25.7 Å². The van der Waals surface area contributed by atoms with Crippen LogP contribution in [0, 0.1) is 50.2 Å². The van der Waals surface area contributed by atoms with Crippen LogP contribution in [0.25, 0.3) is 0 Å². The lowest BCUT2D eigenvalue weighted by molar-refractivity contribution is -0.403. The van der Waals surface area contributed by atoms with E-state index in [0.717, 1.165) is 38.5 Å². The van der Waals surface area contributed by atoms with Crippen molar-refractivity contribution in [3.05, 3.63) is 11.6 Å². The maximum atomic E-state index is 13.2. The van der Waals surface area contributed by atoms with Gasteiger partial charge in [0.2, 0.25) is 0 Å². The average Bonchev–Trinajstić information content (AvgIpc) is 0.684. The molecule has 9 fully saturated rings. The Hall–Kier alpha value is -1.75. The number of aliphatic hydroxyl groups excluding tert-OH is 14. The maximum Gasteiger partial charge on any atom is 0.310 e. The zero-order valence-corrected chi connectivity index (χ0v) is 49.8. The Kier molecular flexibility index (Phi) is 19.0. The Labute approximate surface area is 494 Å². The minimum absolute atomic E-state index is 0.0156. The molecule has 33 atom stereocenters. The van der Waals surface area contributed by atoms with Crippen LogP contribution in [0.1, 0.15) is 120 Å². The molecular weight excluding hydrogens is 1120 g/mol. The van der Waals surface area contributed by atoms with E-state index in [1.807, 2.05) is 6.92 Å². The SMILES string of the molecule is C[C@H]1O[C@@H](O[C@H]2[C@@H](O)[C@H](O[C@@H]3[C@@H](O)[C@@H](C)O[C@@H](O[C@H]4[C@H](OC5CCC6(C)C(CCC7(C)C6CC=C6C8CC(C)(C)CCC8(C(=O)O)CCC67C)C5(C)CO)OC[C@H](O)[C@@H]4O)[C@@H]3O)O[C@H](CO)[C@H]2O[C@@H]2O[C@H](CO)[C@@H](O)[C@@H](O)[C@H]2O)[C@H](O)[C@H](O)[C@H]1O. The lowest BCUT2D eigenvalue weighted by Gasteiger charge is -2.71. The fraction of sp³-hybridized carbons (Fsp3) is 0.949. The van der Waals surface area contributed by atoms with Crippen LogP contribution >= 0.6 is 0 Å². The van der Waals surface area contributed by atoms with Gasteiger partial charge in [-0.15, -0.1) is 0 Å². The Bertz CT molecular complexity index is 2370. The molecule has 9 unspecified atom stereocenters. The van der Waals surface area contributed by atoms with Gasteiger partial charge in [-0.3, -0.25) is 4.79 Å². The average molecular weight is 1220 g/mol. The molecule has 10 aliphatic rings. The van der Waals surface area contributed by atoms with Gasteiger partial charge in [0.1, 0.15) is 104 Å². The van der Waals surface area contributed by atoms with Crippen LogP contribution in [-0.4, -0.2) is 263 Å². The number of carbonyl (C=O) groups is 1. The zero-order valence-electron chi connectivity index (χ0n) is 49.8. The lowest BCUT2D eigenvalue weighted by Crippen LogP contribution is -2.68. The number of carboxylic acids is 1. The van der Waals surface area contributed by atoms with Crippen molar-refractivity contribution in [3.8, 4) is 0 Å². The highest BCUT2D eigenvalue weighted by Crippen LogP contribution is 2.76.